The van der Waals surface area contributed by atoms with Crippen molar-refractivity contribution in [2.24, 2.45) is 0 Å². The summed E-state index contributed by atoms with van der Waals surface area (Å²) >= 11 is 1.18. The number of esters is 1. The number of anilines is 3. The summed E-state index contributed by atoms with van der Waals surface area (Å²) in [5.74, 6) is -1.99. The molecule has 3 aromatic rings. The number of alkyl halides is 3. The van der Waals surface area contributed by atoms with Gasteiger partial charge in [-0.25, -0.2) is 19.3 Å². The molecule has 0 amide bonds. The average Bonchev–Trinajstić information content (AvgIpc) is 3.63. The van der Waals surface area contributed by atoms with Crippen LogP contribution in [-0.2, 0) is 22.3 Å². The predicted molar refractivity (Wildman–Crippen MR) is 166 cm³/mol. The quantitative estimate of drug-likeness (QED) is 0.183. The highest BCUT2D eigenvalue weighted by atomic mass is 32.1. The third-order valence-electron chi connectivity index (χ3n) is 8.48. The van der Waals surface area contributed by atoms with Gasteiger partial charge in [0.05, 0.1) is 24.3 Å². The van der Waals surface area contributed by atoms with E-state index in [4.69, 9.17) is 4.74 Å². The van der Waals surface area contributed by atoms with Gasteiger partial charge in [0.1, 0.15) is 12.1 Å². The molecule has 2 atom stereocenters. The number of piperazine rings is 1. The molecular weight excluding hydrogens is 629 g/mol. The maximum Gasteiger partial charge on any atom is 0.416 e. The Bertz CT molecular complexity index is 1520. The zero-order chi connectivity index (χ0) is 33.0. The zero-order valence-corrected chi connectivity index (χ0v) is 26.9. The summed E-state index contributed by atoms with van der Waals surface area (Å²) in [5.41, 5.74) is -0.899. The number of nitrogens with one attached hydrogen (secondary N) is 1. The molecule has 2 aliphatic heterocycles. The molecule has 2 aliphatic rings. The van der Waals surface area contributed by atoms with E-state index >= 15 is 4.39 Å². The monoisotopic (exact) mass is 667 g/mol. The topological polar surface area (TPSA) is 86.7 Å². The predicted octanol–water partition coefficient (Wildman–Crippen LogP) is 6.48. The lowest BCUT2D eigenvalue weighted by atomic mass is 10.1. The minimum atomic E-state index is -4.74. The number of carbonyl (C=O) groups is 1. The Balaban J connectivity index is 1.38. The molecule has 4 heterocycles. The number of hydrogen-bond acceptors (Lipinski definition) is 10. The van der Waals surface area contributed by atoms with Crippen molar-refractivity contribution in [3.63, 3.8) is 0 Å². The molecule has 1 aromatic carbocycles. The number of nitrogens with zero attached hydrogens (tertiary/aromatic N) is 6. The SMILES string of the molecule is CCOC(=O)CCN1CCN(c2ncnc(Nc3nc(-c4cc(F)cc(C(F)(F)F)c4)c(CN4CCC[C@H]4CC)s3)c2F)C[C@@H]1C. The lowest BCUT2D eigenvalue weighted by Gasteiger charge is -2.40. The van der Waals surface area contributed by atoms with Crippen molar-refractivity contribution in [2.75, 3.05) is 49.5 Å². The zero-order valence-electron chi connectivity index (χ0n) is 26.0. The van der Waals surface area contributed by atoms with E-state index in [0.717, 1.165) is 37.9 Å². The van der Waals surface area contributed by atoms with E-state index in [9.17, 15) is 22.4 Å². The van der Waals surface area contributed by atoms with Crippen LogP contribution in [0.5, 0.6) is 0 Å². The summed E-state index contributed by atoms with van der Waals surface area (Å²) in [6, 6.07) is 2.73. The summed E-state index contributed by atoms with van der Waals surface area (Å²) in [6.07, 6.45) is -0.280. The first-order valence-corrected chi connectivity index (χ1v) is 16.3. The first-order chi connectivity index (χ1) is 22.0. The van der Waals surface area contributed by atoms with Crippen LogP contribution in [0.4, 0.5) is 38.7 Å². The van der Waals surface area contributed by atoms with E-state index in [2.05, 4.69) is 37.0 Å². The van der Waals surface area contributed by atoms with Crippen molar-refractivity contribution in [3.05, 3.63) is 46.6 Å². The molecule has 2 saturated heterocycles. The summed E-state index contributed by atoms with van der Waals surface area (Å²) in [5, 5.41) is 3.13. The second-order valence-electron chi connectivity index (χ2n) is 11.6. The minimum Gasteiger partial charge on any atom is -0.466 e. The molecule has 2 aromatic heterocycles. The second-order valence-corrected chi connectivity index (χ2v) is 12.6. The van der Waals surface area contributed by atoms with Crippen molar-refractivity contribution in [3.8, 4) is 11.3 Å². The van der Waals surface area contributed by atoms with Crippen LogP contribution >= 0.6 is 11.3 Å². The largest absolute Gasteiger partial charge is 0.466 e. The average molecular weight is 668 g/mol. The van der Waals surface area contributed by atoms with Crippen LogP contribution in [0.2, 0.25) is 0 Å². The summed E-state index contributed by atoms with van der Waals surface area (Å²) in [4.78, 5) is 31.5. The van der Waals surface area contributed by atoms with Gasteiger partial charge in [-0.05, 0) is 57.9 Å². The van der Waals surface area contributed by atoms with Crippen molar-refractivity contribution < 1.29 is 31.5 Å². The number of benzene rings is 1. The molecule has 250 valence electrons. The fraction of sp³-hybridized carbons (Fsp3) is 0.548. The van der Waals surface area contributed by atoms with Gasteiger partial charge in [-0.15, -0.1) is 0 Å². The van der Waals surface area contributed by atoms with Crippen LogP contribution in [-0.4, -0.2) is 82.1 Å². The highest BCUT2D eigenvalue weighted by molar-refractivity contribution is 7.16. The van der Waals surface area contributed by atoms with E-state index in [1.165, 1.54) is 17.7 Å². The van der Waals surface area contributed by atoms with E-state index in [0.29, 0.717) is 56.3 Å². The van der Waals surface area contributed by atoms with Gasteiger partial charge in [-0.3, -0.25) is 14.6 Å². The fourth-order valence-corrected chi connectivity index (χ4v) is 7.14. The van der Waals surface area contributed by atoms with Gasteiger partial charge in [0.25, 0.3) is 0 Å². The Morgan fingerprint density at radius 2 is 1.91 bits per heavy atom. The van der Waals surface area contributed by atoms with Crippen LogP contribution in [0.25, 0.3) is 11.3 Å². The van der Waals surface area contributed by atoms with Crippen LogP contribution in [0.15, 0.2) is 24.5 Å². The third-order valence-corrected chi connectivity index (χ3v) is 9.44. The minimum absolute atomic E-state index is 0.00228. The van der Waals surface area contributed by atoms with Crippen molar-refractivity contribution >= 4 is 34.1 Å². The second kappa shape index (κ2) is 14.6. The first-order valence-electron chi connectivity index (χ1n) is 15.5. The molecule has 15 heteroatoms. The smallest absolute Gasteiger partial charge is 0.416 e. The third kappa shape index (κ3) is 7.92. The van der Waals surface area contributed by atoms with Crippen molar-refractivity contribution in [2.45, 2.75) is 71.3 Å². The number of ether oxygens (including phenoxy) is 1. The molecule has 9 nitrogen and oxygen atoms in total. The van der Waals surface area contributed by atoms with Crippen LogP contribution in [0.1, 0.15) is 56.9 Å². The summed E-state index contributed by atoms with van der Waals surface area (Å²) in [6.45, 7) is 9.49. The normalized spacial score (nSPS) is 19.5. The van der Waals surface area contributed by atoms with Gasteiger partial charge in [-0.1, -0.05) is 18.3 Å². The highest BCUT2D eigenvalue weighted by Crippen LogP contribution is 2.39. The van der Waals surface area contributed by atoms with E-state index in [-0.39, 0.29) is 46.5 Å². The molecule has 0 bridgehead atoms. The molecule has 0 radical (unpaired) electrons. The van der Waals surface area contributed by atoms with E-state index in [1.54, 1.807) is 6.92 Å². The lowest BCUT2D eigenvalue weighted by molar-refractivity contribution is -0.143. The Morgan fingerprint density at radius 3 is 2.63 bits per heavy atom. The molecule has 0 saturated carbocycles. The molecule has 0 spiro atoms. The molecule has 0 unspecified atom stereocenters. The van der Waals surface area contributed by atoms with Crippen LogP contribution < -0.4 is 10.2 Å². The molecule has 2 fully saturated rings. The number of hydrogen-bond donors (Lipinski definition) is 1. The van der Waals surface area contributed by atoms with Crippen LogP contribution in [0.3, 0.4) is 0 Å². The number of likely N-dealkylation sites (tertiary alicyclic amines) is 1. The Morgan fingerprint density at radius 1 is 1.11 bits per heavy atom. The highest BCUT2D eigenvalue weighted by Gasteiger charge is 2.33. The molecule has 46 heavy (non-hydrogen) atoms. The van der Waals surface area contributed by atoms with Gasteiger partial charge >= 0.3 is 12.1 Å². The molecule has 5 rings (SSSR count). The fourth-order valence-electron chi connectivity index (χ4n) is 6.14. The van der Waals surface area contributed by atoms with E-state index in [1.807, 2.05) is 11.8 Å². The number of halogens is 5. The maximum absolute atomic E-state index is 15.9. The van der Waals surface area contributed by atoms with Gasteiger partial charge in [0.2, 0.25) is 5.82 Å². The first kappa shape index (κ1) is 33.9. The molecular formula is C31H38F5N7O2S. The van der Waals surface area contributed by atoms with Gasteiger partial charge < -0.3 is 15.0 Å². The summed E-state index contributed by atoms with van der Waals surface area (Å²) in [7, 11) is 0. The van der Waals surface area contributed by atoms with Gasteiger partial charge in [0.15, 0.2) is 16.8 Å². The van der Waals surface area contributed by atoms with Crippen molar-refractivity contribution in [1.29, 1.82) is 0 Å². The summed E-state index contributed by atoms with van der Waals surface area (Å²) < 4.78 is 76.1. The van der Waals surface area contributed by atoms with Gasteiger partial charge in [-0.2, -0.15) is 17.6 Å². The number of aromatic nitrogens is 3. The number of carbonyl (C=O) groups excluding carboxylic acids is 1. The Labute approximate surface area is 268 Å². The Kier molecular flexibility index (Phi) is 10.7. The molecule has 0 aliphatic carbocycles. The number of rotatable bonds is 11. The number of thiazole rings is 1. The van der Waals surface area contributed by atoms with Crippen LogP contribution in [0, 0.1) is 11.6 Å². The lowest BCUT2D eigenvalue weighted by Crippen LogP contribution is -2.52. The standard InChI is InChI=1S/C31H38F5N7O2S/c1-4-23-7-6-9-42(23)17-24-27(20-13-21(31(34,35)36)15-22(32)14-20)39-30(46-24)40-28-26(33)29(38-18-37-28)43-12-11-41(19(3)16-43)10-8-25(44)45-5-2/h13-15,18-19,23H,4-12,16-17H2,1-3H3,(H,37,38,39,40)/t19-,23+/m0/s1. The van der Waals surface area contributed by atoms with Gasteiger partial charge in [0, 0.05) is 55.2 Å². The Hall–Kier alpha value is -3.43. The molecule has 1 N–H and O–H groups in total. The maximum atomic E-state index is 15.9. The van der Waals surface area contributed by atoms with E-state index < -0.39 is 23.4 Å². The van der Waals surface area contributed by atoms with Crippen molar-refractivity contribution in [1.82, 2.24) is 24.8 Å².